The fourth-order valence-electron chi connectivity index (χ4n) is 0.934. The molecule has 11 heavy (non-hydrogen) atoms. The quantitative estimate of drug-likeness (QED) is 0.573. The van der Waals surface area contributed by atoms with E-state index in [2.05, 4.69) is 25.1 Å². The third-order valence-corrected chi connectivity index (χ3v) is 1.73. The third-order valence-electron chi connectivity index (χ3n) is 1.73. The molecule has 0 aromatic carbocycles. The summed E-state index contributed by atoms with van der Waals surface area (Å²) in [5.41, 5.74) is 5.46. The molecule has 0 aliphatic heterocycles. The fraction of sp³-hybridized carbons (Fsp3) is 0.778. The van der Waals surface area contributed by atoms with Crippen LogP contribution in [-0.2, 0) is 0 Å². The molecule has 0 radical (unpaired) electrons. The maximum Gasteiger partial charge on any atom is 0.0240 e. The molecule has 0 amide bonds. The van der Waals surface area contributed by atoms with Crippen LogP contribution in [0.25, 0.3) is 0 Å². The van der Waals surface area contributed by atoms with E-state index >= 15 is 0 Å². The Hall–Kier alpha value is -0.520. The molecule has 0 aromatic heterocycles. The van der Waals surface area contributed by atoms with E-state index in [1.54, 1.807) is 0 Å². The highest BCUT2D eigenvalue weighted by Gasteiger charge is 2.06. The molecule has 0 fully saturated rings. The Bertz CT molecular complexity index is 126. The molecule has 2 unspecified atom stereocenters. The number of hydrogen-bond acceptors (Lipinski definition) is 2. The van der Waals surface area contributed by atoms with Crippen LogP contribution >= 0.6 is 0 Å². The zero-order valence-electron chi connectivity index (χ0n) is 7.43. The van der Waals surface area contributed by atoms with Crippen molar-refractivity contribution >= 4 is 0 Å². The smallest absolute Gasteiger partial charge is 0.0240 e. The summed E-state index contributed by atoms with van der Waals surface area (Å²) in [6, 6.07) is 0.798. The summed E-state index contributed by atoms with van der Waals surface area (Å²) in [6.07, 6.45) is 7.06. The maximum atomic E-state index is 5.46. The lowest BCUT2D eigenvalue weighted by Crippen LogP contribution is -2.40. The first-order valence-corrected chi connectivity index (χ1v) is 4.14. The van der Waals surface area contributed by atoms with Gasteiger partial charge in [-0.1, -0.05) is 6.92 Å². The molecule has 0 aliphatic carbocycles. The van der Waals surface area contributed by atoms with Crippen molar-refractivity contribution in [2.75, 3.05) is 6.54 Å². The van der Waals surface area contributed by atoms with E-state index in [0.717, 1.165) is 12.8 Å². The largest absolute Gasteiger partial charge is 0.329 e. The van der Waals surface area contributed by atoms with Crippen molar-refractivity contribution in [1.29, 1.82) is 0 Å². The molecule has 0 saturated heterocycles. The molecule has 0 aromatic rings. The topological polar surface area (TPSA) is 38.0 Å². The average Bonchev–Trinajstić information content (AvgIpc) is 2.03. The van der Waals surface area contributed by atoms with Gasteiger partial charge in [-0.25, -0.2) is 0 Å². The van der Waals surface area contributed by atoms with E-state index < -0.39 is 0 Å². The van der Waals surface area contributed by atoms with Crippen molar-refractivity contribution in [2.45, 2.75) is 38.8 Å². The molecule has 0 bridgehead atoms. The van der Waals surface area contributed by atoms with E-state index in [0.29, 0.717) is 18.6 Å². The van der Waals surface area contributed by atoms with Crippen LogP contribution in [0.1, 0.15) is 26.7 Å². The zero-order valence-corrected chi connectivity index (χ0v) is 7.43. The molecular weight excluding hydrogens is 136 g/mol. The Balaban J connectivity index is 3.60. The monoisotopic (exact) mass is 154 g/mol. The summed E-state index contributed by atoms with van der Waals surface area (Å²) in [4.78, 5) is 0. The predicted octanol–water partition coefficient (Wildman–Crippen LogP) is 0.725. The second kappa shape index (κ2) is 6.21. The molecule has 64 valence electrons. The van der Waals surface area contributed by atoms with E-state index in [-0.39, 0.29) is 0 Å². The van der Waals surface area contributed by atoms with Crippen molar-refractivity contribution < 1.29 is 0 Å². The van der Waals surface area contributed by atoms with Crippen LogP contribution < -0.4 is 11.1 Å². The van der Waals surface area contributed by atoms with E-state index in [9.17, 15) is 0 Å². The minimum absolute atomic E-state index is 0.369. The van der Waals surface area contributed by atoms with Crippen molar-refractivity contribution in [3.63, 3.8) is 0 Å². The summed E-state index contributed by atoms with van der Waals surface area (Å²) >= 11 is 0. The molecule has 2 heteroatoms. The molecule has 0 saturated carbocycles. The normalized spacial score (nSPS) is 15.5. The van der Waals surface area contributed by atoms with Gasteiger partial charge in [0, 0.05) is 25.0 Å². The Morgan fingerprint density at radius 3 is 2.64 bits per heavy atom. The summed E-state index contributed by atoms with van der Waals surface area (Å²) < 4.78 is 0. The SMILES string of the molecule is C#CCC(CC)NC(C)CN. The number of hydrogen-bond donors (Lipinski definition) is 2. The Kier molecular flexibility index (Phi) is 5.91. The molecule has 2 atom stereocenters. The lowest BCUT2D eigenvalue weighted by atomic mass is 10.1. The molecule has 0 spiro atoms. The zero-order chi connectivity index (χ0) is 8.69. The first-order chi connectivity index (χ1) is 5.24. The van der Waals surface area contributed by atoms with Crippen LogP contribution in [0.3, 0.4) is 0 Å². The van der Waals surface area contributed by atoms with E-state index in [4.69, 9.17) is 12.2 Å². The molecule has 0 aliphatic rings. The first kappa shape index (κ1) is 10.5. The Morgan fingerprint density at radius 1 is 1.64 bits per heavy atom. The van der Waals surface area contributed by atoms with Crippen LogP contribution in [0.2, 0.25) is 0 Å². The van der Waals surface area contributed by atoms with Crippen LogP contribution in [-0.4, -0.2) is 18.6 Å². The lowest BCUT2D eigenvalue weighted by molar-refractivity contribution is 0.444. The summed E-state index contributed by atoms with van der Waals surface area (Å²) in [6.45, 7) is 4.86. The fourth-order valence-corrected chi connectivity index (χ4v) is 0.934. The highest BCUT2D eigenvalue weighted by molar-refractivity contribution is 4.90. The van der Waals surface area contributed by atoms with E-state index in [1.165, 1.54) is 0 Å². The van der Waals surface area contributed by atoms with Crippen molar-refractivity contribution in [2.24, 2.45) is 5.73 Å². The van der Waals surface area contributed by atoms with Crippen molar-refractivity contribution in [3.8, 4) is 12.3 Å². The summed E-state index contributed by atoms with van der Waals surface area (Å²) in [5, 5.41) is 3.35. The number of nitrogens with one attached hydrogen (secondary N) is 1. The molecular formula is C9H18N2. The van der Waals surface area contributed by atoms with Gasteiger partial charge >= 0.3 is 0 Å². The number of terminal acetylenes is 1. The van der Waals surface area contributed by atoms with Crippen LogP contribution in [0, 0.1) is 12.3 Å². The molecule has 0 heterocycles. The van der Waals surface area contributed by atoms with Crippen molar-refractivity contribution in [3.05, 3.63) is 0 Å². The maximum absolute atomic E-state index is 5.46. The Morgan fingerprint density at radius 2 is 2.27 bits per heavy atom. The average molecular weight is 154 g/mol. The van der Waals surface area contributed by atoms with Crippen LogP contribution in [0.4, 0.5) is 0 Å². The van der Waals surface area contributed by atoms with Gasteiger partial charge in [0.1, 0.15) is 0 Å². The van der Waals surface area contributed by atoms with Crippen molar-refractivity contribution in [1.82, 2.24) is 5.32 Å². The van der Waals surface area contributed by atoms with Gasteiger partial charge in [-0.15, -0.1) is 12.3 Å². The highest BCUT2D eigenvalue weighted by Crippen LogP contribution is 1.96. The molecule has 3 N–H and O–H groups in total. The van der Waals surface area contributed by atoms with Gasteiger partial charge in [0.2, 0.25) is 0 Å². The molecule has 2 nitrogen and oxygen atoms in total. The van der Waals surface area contributed by atoms with Gasteiger partial charge in [0.25, 0.3) is 0 Å². The van der Waals surface area contributed by atoms with Gasteiger partial charge in [0.15, 0.2) is 0 Å². The van der Waals surface area contributed by atoms with E-state index in [1.807, 2.05) is 0 Å². The summed E-state index contributed by atoms with van der Waals surface area (Å²) in [5.74, 6) is 2.64. The minimum Gasteiger partial charge on any atom is -0.329 e. The lowest BCUT2D eigenvalue weighted by Gasteiger charge is -2.18. The minimum atomic E-state index is 0.369. The van der Waals surface area contributed by atoms with Gasteiger partial charge in [-0.3, -0.25) is 0 Å². The standard InChI is InChI=1S/C9H18N2/c1-4-6-9(5-2)11-8(3)7-10/h1,8-9,11H,5-7,10H2,2-3H3. The second-order valence-corrected chi connectivity index (χ2v) is 2.82. The van der Waals surface area contributed by atoms with Gasteiger partial charge in [-0.05, 0) is 13.3 Å². The molecule has 0 rings (SSSR count). The Labute approximate surface area is 69.5 Å². The van der Waals surface area contributed by atoms with Crippen LogP contribution in [0.5, 0.6) is 0 Å². The first-order valence-electron chi connectivity index (χ1n) is 4.14. The van der Waals surface area contributed by atoms with Crippen LogP contribution in [0.15, 0.2) is 0 Å². The number of rotatable bonds is 5. The third kappa shape index (κ3) is 4.83. The predicted molar refractivity (Wildman–Crippen MR) is 49.2 cm³/mol. The highest BCUT2D eigenvalue weighted by atomic mass is 15.0. The second-order valence-electron chi connectivity index (χ2n) is 2.82. The van der Waals surface area contributed by atoms with Gasteiger partial charge in [-0.2, -0.15) is 0 Å². The van der Waals surface area contributed by atoms with Gasteiger partial charge in [0.05, 0.1) is 0 Å². The van der Waals surface area contributed by atoms with Gasteiger partial charge < -0.3 is 11.1 Å². The summed E-state index contributed by atoms with van der Waals surface area (Å²) in [7, 11) is 0. The number of nitrogens with two attached hydrogens (primary N) is 1.